The molecule has 0 saturated heterocycles. The topological polar surface area (TPSA) is 69.1 Å². The van der Waals surface area contributed by atoms with E-state index in [4.69, 9.17) is 11.5 Å². The van der Waals surface area contributed by atoms with Crippen LogP contribution in [-0.4, -0.2) is 5.78 Å². The lowest BCUT2D eigenvalue weighted by molar-refractivity contribution is -0.116. The number of benzene rings is 1. The molecule has 0 spiro atoms. The van der Waals surface area contributed by atoms with Crippen molar-refractivity contribution in [1.82, 2.24) is 0 Å². The van der Waals surface area contributed by atoms with Crippen LogP contribution in [0.2, 0.25) is 0 Å². The summed E-state index contributed by atoms with van der Waals surface area (Å²) in [4.78, 5) is 10.8. The molecule has 64 valence electrons. The van der Waals surface area contributed by atoms with Crippen LogP contribution in [0.1, 0.15) is 12.5 Å². The van der Waals surface area contributed by atoms with Crippen molar-refractivity contribution < 1.29 is 4.79 Å². The molecule has 0 unspecified atom stereocenters. The number of nitrogen functional groups attached to an aromatic ring is 2. The van der Waals surface area contributed by atoms with Gasteiger partial charge in [-0.05, 0) is 19.1 Å². The largest absolute Gasteiger partial charge is 0.398 e. The van der Waals surface area contributed by atoms with E-state index in [1.165, 1.54) is 6.92 Å². The summed E-state index contributed by atoms with van der Waals surface area (Å²) >= 11 is 0. The molecule has 3 heteroatoms. The first-order chi connectivity index (χ1) is 5.61. The second kappa shape index (κ2) is 3.26. The van der Waals surface area contributed by atoms with Crippen LogP contribution in [0.5, 0.6) is 0 Å². The summed E-state index contributed by atoms with van der Waals surface area (Å²) in [6.45, 7) is 1.52. The van der Waals surface area contributed by atoms with E-state index in [1.807, 2.05) is 0 Å². The van der Waals surface area contributed by atoms with E-state index in [9.17, 15) is 4.79 Å². The Kier molecular flexibility index (Phi) is 2.33. The lowest BCUT2D eigenvalue weighted by atomic mass is 10.1. The maximum Gasteiger partial charge on any atom is 0.134 e. The highest BCUT2D eigenvalue weighted by molar-refractivity contribution is 5.82. The zero-order chi connectivity index (χ0) is 9.14. The van der Waals surface area contributed by atoms with Gasteiger partial charge in [0.15, 0.2) is 0 Å². The lowest BCUT2D eigenvalue weighted by Gasteiger charge is -2.05. The quantitative estimate of drug-likeness (QED) is 0.640. The Labute approximate surface area is 71.4 Å². The minimum Gasteiger partial charge on any atom is -0.398 e. The Hall–Kier alpha value is -1.51. The molecule has 3 nitrogen and oxygen atoms in total. The highest BCUT2D eigenvalue weighted by Gasteiger charge is 2.05. The minimum atomic E-state index is 0.0691. The van der Waals surface area contributed by atoms with Gasteiger partial charge in [-0.1, -0.05) is 6.07 Å². The molecule has 0 saturated carbocycles. The Morgan fingerprint density at radius 1 is 1.33 bits per heavy atom. The number of hydrogen-bond acceptors (Lipinski definition) is 3. The van der Waals surface area contributed by atoms with Crippen molar-refractivity contribution in [2.75, 3.05) is 11.5 Å². The van der Waals surface area contributed by atoms with Crippen molar-refractivity contribution in [2.45, 2.75) is 13.3 Å². The molecular weight excluding hydrogens is 152 g/mol. The highest BCUT2D eigenvalue weighted by atomic mass is 16.1. The van der Waals surface area contributed by atoms with Crippen molar-refractivity contribution >= 4 is 17.2 Å². The molecule has 1 aromatic carbocycles. The molecule has 0 heterocycles. The molecule has 0 fully saturated rings. The summed E-state index contributed by atoms with van der Waals surface area (Å²) in [6, 6.07) is 5.26. The number of ketones is 1. The van der Waals surface area contributed by atoms with E-state index in [-0.39, 0.29) is 5.78 Å². The smallest absolute Gasteiger partial charge is 0.134 e. The maximum atomic E-state index is 10.8. The summed E-state index contributed by atoms with van der Waals surface area (Å²) < 4.78 is 0. The molecule has 0 aliphatic rings. The number of carbonyl (C=O) groups is 1. The average molecular weight is 164 g/mol. The zero-order valence-corrected chi connectivity index (χ0v) is 7.00. The Bertz CT molecular complexity index is 287. The molecule has 1 rings (SSSR count). The van der Waals surface area contributed by atoms with Crippen LogP contribution >= 0.6 is 0 Å². The number of hydrogen-bond donors (Lipinski definition) is 2. The summed E-state index contributed by atoms with van der Waals surface area (Å²) in [6.07, 6.45) is 0.318. The van der Waals surface area contributed by atoms with Crippen molar-refractivity contribution in [1.29, 1.82) is 0 Å². The average Bonchev–Trinajstić information content (AvgIpc) is 1.97. The van der Waals surface area contributed by atoms with E-state index in [0.29, 0.717) is 17.8 Å². The van der Waals surface area contributed by atoms with E-state index >= 15 is 0 Å². The molecule has 0 aliphatic carbocycles. The third-order valence-electron chi connectivity index (χ3n) is 1.67. The van der Waals surface area contributed by atoms with Crippen molar-refractivity contribution in [3.63, 3.8) is 0 Å². The van der Waals surface area contributed by atoms with Crippen molar-refractivity contribution in [2.24, 2.45) is 0 Å². The summed E-state index contributed by atoms with van der Waals surface area (Å²) in [5, 5.41) is 0. The molecule has 1 aromatic rings. The first kappa shape index (κ1) is 8.59. The van der Waals surface area contributed by atoms with Crippen molar-refractivity contribution in [3.8, 4) is 0 Å². The molecule has 4 N–H and O–H groups in total. The van der Waals surface area contributed by atoms with Gasteiger partial charge in [-0.15, -0.1) is 0 Å². The summed E-state index contributed by atoms with van der Waals surface area (Å²) in [7, 11) is 0. The fraction of sp³-hybridized carbons (Fsp3) is 0.222. The standard InChI is InChI=1S/C9H12N2O/c1-6(12)5-7-8(10)3-2-4-9(7)11/h2-4H,5,10-11H2,1H3. The van der Waals surface area contributed by atoms with Crippen LogP contribution in [-0.2, 0) is 11.2 Å². The molecule has 0 amide bonds. The molecule has 0 bridgehead atoms. The van der Waals surface area contributed by atoms with Crippen LogP contribution in [0.3, 0.4) is 0 Å². The second-order valence-electron chi connectivity index (χ2n) is 2.79. The van der Waals surface area contributed by atoms with E-state index in [0.717, 1.165) is 5.56 Å². The maximum absolute atomic E-state index is 10.8. The van der Waals surface area contributed by atoms with Gasteiger partial charge >= 0.3 is 0 Å². The fourth-order valence-corrected chi connectivity index (χ4v) is 1.08. The number of rotatable bonds is 2. The van der Waals surface area contributed by atoms with Crippen molar-refractivity contribution in [3.05, 3.63) is 23.8 Å². The Morgan fingerprint density at radius 3 is 2.25 bits per heavy atom. The highest BCUT2D eigenvalue weighted by Crippen LogP contribution is 2.19. The first-order valence-corrected chi connectivity index (χ1v) is 3.73. The molecule has 0 radical (unpaired) electrons. The van der Waals surface area contributed by atoms with Gasteiger partial charge in [0.2, 0.25) is 0 Å². The number of Topliss-reactive ketones (excluding diaryl/α,β-unsaturated/α-hetero) is 1. The number of carbonyl (C=O) groups excluding carboxylic acids is 1. The Balaban J connectivity index is 3.04. The van der Waals surface area contributed by atoms with Gasteiger partial charge in [-0.2, -0.15) is 0 Å². The summed E-state index contributed by atoms with van der Waals surface area (Å²) in [5.41, 5.74) is 13.2. The van der Waals surface area contributed by atoms with Gasteiger partial charge in [0.1, 0.15) is 5.78 Å². The normalized spacial score (nSPS) is 9.75. The van der Waals surface area contributed by atoms with Gasteiger partial charge < -0.3 is 11.5 Å². The molecule has 0 atom stereocenters. The lowest BCUT2D eigenvalue weighted by Crippen LogP contribution is -2.04. The van der Waals surface area contributed by atoms with E-state index in [1.54, 1.807) is 18.2 Å². The monoisotopic (exact) mass is 164 g/mol. The number of nitrogens with two attached hydrogens (primary N) is 2. The van der Waals surface area contributed by atoms with Gasteiger partial charge in [0.25, 0.3) is 0 Å². The SMILES string of the molecule is CC(=O)Cc1c(N)cccc1N. The van der Waals surface area contributed by atoms with E-state index < -0.39 is 0 Å². The van der Waals surface area contributed by atoms with Crippen LogP contribution in [0.4, 0.5) is 11.4 Å². The van der Waals surface area contributed by atoms with Gasteiger partial charge in [-0.25, -0.2) is 0 Å². The third kappa shape index (κ3) is 1.75. The van der Waals surface area contributed by atoms with Crippen LogP contribution < -0.4 is 11.5 Å². The van der Waals surface area contributed by atoms with Crippen LogP contribution in [0.15, 0.2) is 18.2 Å². The third-order valence-corrected chi connectivity index (χ3v) is 1.67. The minimum absolute atomic E-state index is 0.0691. The molecular formula is C9H12N2O. The second-order valence-corrected chi connectivity index (χ2v) is 2.79. The van der Waals surface area contributed by atoms with Gasteiger partial charge in [0.05, 0.1) is 0 Å². The van der Waals surface area contributed by atoms with Gasteiger partial charge in [-0.3, -0.25) is 4.79 Å². The predicted molar refractivity (Wildman–Crippen MR) is 49.7 cm³/mol. The predicted octanol–water partition coefficient (Wildman–Crippen LogP) is 0.983. The first-order valence-electron chi connectivity index (χ1n) is 3.73. The number of anilines is 2. The molecule has 0 aliphatic heterocycles. The molecule has 12 heavy (non-hydrogen) atoms. The van der Waals surface area contributed by atoms with Crippen LogP contribution in [0.25, 0.3) is 0 Å². The Morgan fingerprint density at radius 2 is 1.83 bits per heavy atom. The fourth-order valence-electron chi connectivity index (χ4n) is 1.08. The van der Waals surface area contributed by atoms with Crippen LogP contribution in [0, 0.1) is 0 Å². The summed E-state index contributed by atoms with van der Waals surface area (Å²) in [5.74, 6) is 0.0691. The van der Waals surface area contributed by atoms with Gasteiger partial charge in [0, 0.05) is 23.4 Å². The zero-order valence-electron chi connectivity index (χ0n) is 7.00. The van der Waals surface area contributed by atoms with E-state index in [2.05, 4.69) is 0 Å². The molecule has 0 aromatic heterocycles.